The molecule has 5 nitrogen and oxygen atoms in total. The maximum atomic E-state index is 13.3. The average molecular weight is 426 g/mol. The van der Waals surface area contributed by atoms with Gasteiger partial charge in [0.15, 0.2) is 0 Å². The van der Waals surface area contributed by atoms with E-state index in [1.165, 1.54) is 21.6 Å². The molecule has 30 heavy (non-hydrogen) atoms. The standard InChI is InChI=1S/C24H31N3O2S/c1-4-22(28)27-13-12-25(15-18(27)3)23(29)16-26-11-9-21-20(10-14-30-21)24(26)19-8-6-5-7-17(19)2/h5-8,10,14,18,24H,4,9,11-13,15-16H2,1-3H3/t18-,24+/m1/s1. The fraction of sp³-hybridized carbons (Fsp3) is 0.500. The lowest BCUT2D eigenvalue weighted by Gasteiger charge is -2.42. The molecule has 2 aliphatic rings. The van der Waals surface area contributed by atoms with Crippen LogP contribution in [0.25, 0.3) is 0 Å². The highest BCUT2D eigenvalue weighted by Gasteiger charge is 2.34. The molecule has 1 aromatic carbocycles. The number of nitrogens with zero attached hydrogens (tertiary/aromatic N) is 3. The van der Waals surface area contributed by atoms with Crippen molar-refractivity contribution >= 4 is 23.2 Å². The molecule has 1 fully saturated rings. The Balaban J connectivity index is 1.51. The van der Waals surface area contributed by atoms with Gasteiger partial charge in [0.25, 0.3) is 0 Å². The molecule has 3 heterocycles. The molecule has 6 heteroatoms. The molecular formula is C24H31N3O2S. The van der Waals surface area contributed by atoms with E-state index >= 15 is 0 Å². The summed E-state index contributed by atoms with van der Waals surface area (Å²) < 4.78 is 0. The van der Waals surface area contributed by atoms with Crippen LogP contribution >= 0.6 is 11.3 Å². The van der Waals surface area contributed by atoms with Crippen LogP contribution in [0.2, 0.25) is 0 Å². The van der Waals surface area contributed by atoms with Gasteiger partial charge in [0, 0.05) is 43.5 Å². The summed E-state index contributed by atoms with van der Waals surface area (Å²) in [6.45, 7) is 9.29. The fourth-order valence-corrected chi connectivity index (χ4v) is 5.73. The van der Waals surface area contributed by atoms with Crippen molar-refractivity contribution in [1.29, 1.82) is 0 Å². The summed E-state index contributed by atoms with van der Waals surface area (Å²) in [6, 6.07) is 10.9. The zero-order valence-corrected chi connectivity index (χ0v) is 19.0. The Labute approximate surface area is 183 Å². The molecule has 2 aliphatic heterocycles. The van der Waals surface area contributed by atoms with E-state index in [2.05, 4.69) is 47.5 Å². The van der Waals surface area contributed by atoms with Gasteiger partial charge >= 0.3 is 0 Å². The van der Waals surface area contributed by atoms with E-state index in [1.807, 2.05) is 35.0 Å². The smallest absolute Gasteiger partial charge is 0.236 e. The molecule has 0 unspecified atom stereocenters. The number of hydrogen-bond acceptors (Lipinski definition) is 4. The lowest BCUT2D eigenvalue weighted by Crippen LogP contribution is -2.57. The van der Waals surface area contributed by atoms with Crippen LogP contribution in [-0.2, 0) is 16.0 Å². The Kier molecular flexibility index (Phi) is 6.25. The number of thiophene rings is 1. The minimum Gasteiger partial charge on any atom is -0.338 e. The molecule has 0 saturated carbocycles. The number of carbonyl (C=O) groups excluding carboxylic acids is 2. The summed E-state index contributed by atoms with van der Waals surface area (Å²) in [5, 5.41) is 2.17. The lowest BCUT2D eigenvalue weighted by molar-refractivity contribution is -0.143. The second-order valence-corrected chi connectivity index (χ2v) is 9.41. The third-order valence-corrected chi connectivity index (χ3v) is 7.49. The Morgan fingerprint density at radius 2 is 1.87 bits per heavy atom. The van der Waals surface area contributed by atoms with E-state index < -0.39 is 0 Å². The van der Waals surface area contributed by atoms with Crippen LogP contribution in [0.3, 0.4) is 0 Å². The zero-order valence-electron chi connectivity index (χ0n) is 18.1. The first-order chi connectivity index (χ1) is 14.5. The van der Waals surface area contributed by atoms with Crippen molar-refractivity contribution in [1.82, 2.24) is 14.7 Å². The molecule has 0 N–H and O–H groups in total. The van der Waals surface area contributed by atoms with Crippen LogP contribution in [0.1, 0.15) is 47.9 Å². The molecule has 0 radical (unpaired) electrons. The van der Waals surface area contributed by atoms with Crippen LogP contribution < -0.4 is 0 Å². The van der Waals surface area contributed by atoms with Crippen molar-refractivity contribution in [2.45, 2.75) is 45.7 Å². The highest BCUT2D eigenvalue weighted by Crippen LogP contribution is 2.38. The van der Waals surface area contributed by atoms with Crippen molar-refractivity contribution in [2.24, 2.45) is 0 Å². The number of fused-ring (bicyclic) bond motifs is 1. The predicted octanol–water partition coefficient (Wildman–Crippen LogP) is 3.47. The maximum absolute atomic E-state index is 13.3. The molecule has 2 amide bonds. The molecular weight excluding hydrogens is 394 g/mol. The van der Waals surface area contributed by atoms with Gasteiger partial charge in [-0.1, -0.05) is 31.2 Å². The van der Waals surface area contributed by atoms with Gasteiger partial charge in [-0.3, -0.25) is 14.5 Å². The molecule has 4 rings (SSSR count). The summed E-state index contributed by atoms with van der Waals surface area (Å²) in [5.41, 5.74) is 3.90. The topological polar surface area (TPSA) is 43.9 Å². The number of amides is 2. The number of rotatable bonds is 4. The van der Waals surface area contributed by atoms with Gasteiger partial charge in [-0.05, 0) is 48.4 Å². The molecule has 2 atom stereocenters. The van der Waals surface area contributed by atoms with E-state index in [0.29, 0.717) is 32.6 Å². The van der Waals surface area contributed by atoms with Gasteiger partial charge in [-0.15, -0.1) is 11.3 Å². The van der Waals surface area contributed by atoms with Crippen LogP contribution in [0.15, 0.2) is 35.7 Å². The Morgan fingerprint density at radius 1 is 1.07 bits per heavy atom. The predicted molar refractivity (Wildman–Crippen MR) is 121 cm³/mol. The number of benzene rings is 1. The third kappa shape index (κ3) is 4.03. The Bertz CT molecular complexity index is 925. The van der Waals surface area contributed by atoms with E-state index in [9.17, 15) is 9.59 Å². The highest BCUT2D eigenvalue weighted by atomic mass is 32.1. The van der Waals surface area contributed by atoms with E-state index in [4.69, 9.17) is 0 Å². The van der Waals surface area contributed by atoms with Crippen molar-refractivity contribution in [3.8, 4) is 0 Å². The SMILES string of the molecule is CCC(=O)N1CCN(C(=O)CN2CCc3sccc3[C@@H]2c2ccccc2C)C[C@H]1C. The molecule has 0 bridgehead atoms. The van der Waals surface area contributed by atoms with Gasteiger partial charge in [-0.2, -0.15) is 0 Å². The van der Waals surface area contributed by atoms with Crippen molar-refractivity contribution in [3.05, 3.63) is 57.3 Å². The zero-order chi connectivity index (χ0) is 21.3. The first kappa shape index (κ1) is 21.1. The van der Waals surface area contributed by atoms with Gasteiger partial charge in [0.05, 0.1) is 12.6 Å². The normalized spacial score (nSPS) is 22.1. The number of aryl methyl sites for hydroxylation is 1. The summed E-state index contributed by atoms with van der Waals surface area (Å²) in [5.74, 6) is 0.345. The van der Waals surface area contributed by atoms with Crippen LogP contribution in [0, 0.1) is 6.92 Å². The summed E-state index contributed by atoms with van der Waals surface area (Å²) in [4.78, 5) is 33.0. The number of carbonyl (C=O) groups is 2. The van der Waals surface area contributed by atoms with Gasteiger partial charge in [-0.25, -0.2) is 0 Å². The second-order valence-electron chi connectivity index (χ2n) is 8.41. The first-order valence-corrected chi connectivity index (χ1v) is 11.8. The van der Waals surface area contributed by atoms with E-state index in [0.717, 1.165) is 13.0 Å². The quantitative estimate of drug-likeness (QED) is 0.753. The summed E-state index contributed by atoms with van der Waals surface area (Å²) >= 11 is 1.82. The molecule has 160 valence electrons. The van der Waals surface area contributed by atoms with Crippen LogP contribution in [0.4, 0.5) is 0 Å². The van der Waals surface area contributed by atoms with Gasteiger partial charge < -0.3 is 9.80 Å². The maximum Gasteiger partial charge on any atom is 0.236 e. The average Bonchev–Trinajstić information content (AvgIpc) is 3.22. The van der Waals surface area contributed by atoms with Crippen LogP contribution in [-0.4, -0.2) is 65.3 Å². The monoisotopic (exact) mass is 425 g/mol. The minimum atomic E-state index is 0.0761. The molecule has 0 spiro atoms. The van der Waals surface area contributed by atoms with Crippen molar-refractivity contribution in [3.63, 3.8) is 0 Å². The van der Waals surface area contributed by atoms with Crippen molar-refractivity contribution in [2.75, 3.05) is 32.7 Å². The minimum absolute atomic E-state index is 0.0761. The van der Waals surface area contributed by atoms with Gasteiger partial charge in [0.2, 0.25) is 11.8 Å². The van der Waals surface area contributed by atoms with Gasteiger partial charge in [0.1, 0.15) is 0 Å². The van der Waals surface area contributed by atoms with E-state index in [-0.39, 0.29) is 23.9 Å². The summed E-state index contributed by atoms with van der Waals surface area (Å²) in [6.07, 6.45) is 1.52. The van der Waals surface area contributed by atoms with Crippen molar-refractivity contribution < 1.29 is 9.59 Å². The Hall–Kier alpha value is -2.18. The van der Waals surface area contributed by atoms with E-state index in [1.54, 1.807) is 0 Å². The fourth-order valence-electron chi connectivity index (χ4n) is 4.83. The first-order valence-electron chi connectivity index (χ1n) is 10.9. The molecule has 2 aromatic rings. The summed E-state index contributed by atoms with van der Waals surface area (Å²) in [7, 11) is 0. The third-order valence-electron chi connectivity index (χ3n) is 6.49. The number of piperazine rings is 1. The molecule has 1 aromatic heterocycles. The second kappa shape index (κ2) is 8.90. The van der Waals surface area contributed by atoms with Crippen LogP contribution in [0.5, 0.6) is 0 Å². The Morgan fingerprint density at radius 3 is 2.60 bits per heavy atom. The highest BCUT2D eigenvalue weighted by molar-refractivity contribution is 7.10. The largest absolute Gasteiger partial charge is 0.338 e. The lowest BCUT2D eigenvalue weighted by atomic mass is 9.90. The number of hydrogen-bond donors (Lipinski definition) is 0. The molecule has 1 saturated heterocycles. The molecule has 0 aliphatic carbocycles.